The van der Waals surface area contributed by atoms with Crippen LogP contribution in [0.3, 0.4) is 0 Å². The van der Waals surface area contributed by atoms with Crippen LogP contribution in [0.15, 0.2) is 41.7 Å². The minimum absolute atomic E-state index is 0.0460. The van der Waals surface area contributed by atoms with Crippen molar-refractivity contribution < 1.29 is 9.59 Å². The summed E-state index contributed by atoms with van der Waals surface area (Å²) in [5.41, 5.74) is 2.27. The second kappa shape index (κ2) is 9.47. The zero-order valence-corrected chi connectivity index (χ0v) is 18.2. The van der Waals surface area contributed by atoms with E-state index in [1.807, 2.05) is 31.2 Å². The number of aromatic nitrogens is 3. The van der Waals surface area contributed by atoms with E-state index in [2.05, 4.69) is 15.5 Å². The average molecular weight is 452 g/mol. The van der Waals surface area contributed by atoms with Gasteiger partial charge in [0.05, 0.1) is 22.3 Å². The molecule has 10 heteroatoms. The molecule has 0 unspecified atom stereocenters. The molecule has 0 bridgehead atoms. The molecular formula is C19H19Cl2N5O2S. The number of carbonyl (C=O) groups excluding carboxylic acids is 2. The zero-order chi connectivity index (χ0) is 21.0. The summed E-state index contributed by atoms with van der Waals surface area (Å²) in [6, 6.07) is 9.18. The lowest BCUT2D eigenvalue weighted by Gasteiger charge is -2.17. The summed E-state index contributed by atoms with van der Waals surface area (Å²) in [6.45, 7) is 1.97. The number of rotatable bonds is 7. The van der Waals surface area contributed by atoms with Gasteiger partial charge >= 0.3 is 0 Å². The Labute approximate surface area is 182 Å². The van der Waals surface area contributed by atoms with Gasteiger partial charge in [-0.2, -0.15) is 0 Å². The molecule has 0 aliphatic heterocycles. The number of nitrogens with one attached hydrogen (secondary N) is 1. The molecule has 2 amide bonds. The molecule has 0 aliphatic rings. The van der Waals surface area contributed by atoms with Crippen LogP contribution in [-0.2, 0) is 16.0 Å². The Kier molecular flexibility index (Phi) is 7.00. The number of nitrogens with zero attached hydrogens (tertiary/aromatic N) is 4. The van der Waals surface area contributed by atoms with Crippen LogP contribution in [0.1, 0.15) is 12.5 Å². The average Bonchev–Trinajstić information content (AvgIpc) is 3.09. The first kappa shape index (κ1) is 21.4. The van der Waals surface area contributed by atoms with Crippen LogP contribution in [-0.4, -0.2) is 50.7 Å². The molecule has 152 valence electrons. The van der Waals surface area contributed by atoms with Crippen molar-refractivity contribution in [2.24, 2.45) is 0 Å². The first-order valence-corrected chi connectivity index (χ1v) is 10.6. The standard InChI is InChI=1S/C19H19Cl2N5O2S/c1-3-12-6-4-5-7-15(12)22-16(27)10-25(2)17(28)11-29-19-24-23-18-14(21)8-13(20)9-26(18)19/h4-9H,3,10-11H2,1-2H3,(H,22,27). The van der Waals surface area contributed by atoms with Gasteiger partial charge in [-0.3, -0.25) is 14.0 Å². The molecular weight excluding hydrogens is 433 g/mol. The second-order valence-corrected chi connectivity index (χ2v) is 8.07. The molecule has 29 heavy (non-hydrogen) atoms. The Morgan fingerprint density at radius 1 is 1.24 bits per heavy atom. The monoisotopic (exact) mass is 451 g/mol. The van der Waals surface area contributed by atoms with E-state index in [-0.39, 0.29) is 24.1 Å². The van der Waals surface area contributed by atoms with Crippen LogP contribution >= 0.6 is 35.0 Å². The van der Waals surface area contributed by atoms with Crippen molar-refractivity contribution >= 4 is 58.1 Å². The fourth-order valence-electron chi connectivity index (χ4n) is 2.68. The Balaban J connectivity index is 1.58. The Hall–Kier alpha value is -2.29. The van der Waals surface area contributed by atoms with Gasteiger partial charge in [0.25, 0.3) is 0 Å². The van der Waals surface area contributed by atoms with Crippen molar-refractivity contribution in [3.05, 3.63) is 52.1 Å². The number of thioether (sulfide) groups is 1. The molecule has 3 aromatic rings. The largest absolute Gasteiger partial charge is 0.336 e. The number of para-hydroxylation sites is 1. The maximum absolute atomic E-state index is 12.4. The van der Waals surface area contributed by atoms with E-state index >= 15 is 0 Å². The van der Waals surface area contributed by atoms with Gasteiger partial charge in [0, 0.05) is 18.9 Å². The van der Waals surface area contributed by atoms with E-state index in [1.54, 1.807) is 23.7 Å². The molecule has 3 rings (SSSR count). The number of hydrogen-bond donors (Lipinski definition) is 1. The molecule has 0 saturated carbocycles. The minimum atomic E-state index is -0.252. The molecule has 7 nitrogen and oxygen atoms in total. The Morgan fingerprint density at radius 3 is 2.76 bits per heavy atom. The molecule has 0 fully saturated rings. The van der Waals surface area contributed by atoms with E-state index in [4.69, 9.17) is 23.2 Å². The van der Waals surface area contributed by atoms with Gasteiger partial charge < -0.3 is 10.2 Å². The van der Waals surface area contributed by atoms with Gasteiger partial charge in [-0.15, -0.1) is 10.2 Å². The van der Waals surface area contributed by atoms with Crippen molar-refractivity contribution in [2.75, 3.05) is 24.7 Å². The zero-order valence-electron chi connectivity index (χ0n) is 15.9. The highest BCUT2D eigenvalue weighted by Crippen LogP contribution is 2.25. The van der Waals surface area contributed by atoms with E-state index in [9.17, 15) is 9.59 Å². The first-order valence-electron chi connectivity index (χ1n) is 8.83. The molecule has 2 aromatic heterocycles. The van der Waals surface area contributed by atoms with Crippen molar-refractivity contribution in [2.45, 2.75) is 18.5 Å². The van der Waals surface area contributed by atoms with Crippen molar-refractivity contribution in [1.82, 2.24) is 19.5 Å². The van der Waals surface area contributed by atoms with Gasteiger partial charge in [-0.1, -0.05) is 60.1 Å². The number of hydrogen-bond acceptors (Lipinski definition) is 5. The van der Waals surface area contributed by atoms with Crippen LogP contribution in [0, 0.1) is 0 Å². The van der Waals surface area contributed by atoms with Gasteiger partial charge in [0.15, 0.2) is 10.8 Å². The van der Waals surface area contributed by atoms with E-state index in [1.165, 1.54) is 16.7 Å². The topological polar surface area (TPSA) is 79.6 Å². The Bertz CT molecular complexity index is 1060. The second-order valence-electron chi connectivity index (χ2n) is 6.28. The predicted octanol–water partition coefficient (Wildman–Crippen LogP) is 3.79. The van der Waals surface area contributed by atoms with Crippen LogP contribution in [0.4, 0.5) is 5.69 Å². The van der Waals surface area contributed by atoms with Crippen LogP contribution in [0.2, 0.25) is 10.0 Å². The third-order valence-corrected chi connectivity index (χ3v) is 5.61. The summed E-state index contributed by atoms with van der Waals surface area (Å²) in [6.07, 6.45) is 2.44. The molecule has 1 N–H and O–H groups in total. The van der Waals surface area contributed by atoms with Crippen LogP contribution < -0.4 is 5.32 Å². The van der Waals surface area contributed by atoms with E-state index in [0.717, 1.165) is 17.7 Å². The van der Waals surface area contributed by atoms with E-state index < -0.39 is 0 Å². The molecule has 0 aliphatic carbocycles. The minimum Gasteiger partial charge on any atom is -0.336 e. The normalized spacial score (nSPS) is 10.9. The lowest BCUT2D eigenvalue weighted by atomic mass is 10.1. The quantitative estimate of drug-likeness (QED) is 0.552. The summed E-state index contributed by atoms with van der Waals surface area (Å²) < 4.78 is 1.64. The molecule has 0 radical (unpaired) electrons. The number of amides is 2. The first-order chi connectivity index (χ1) is 13.9. The summed E-state index contributed by atoms with van der Waals surface area (Å²) in [7, 11) is 1.59. The fourth-order valence-corrected chi connectivity index (χ4v) is 4.04. The molecule has 2 heterocycles. The summed E-state index contributed by atoms with van der Waals surface area (Å²) in [5.74, 6) is -0.364. The van der Waals surface area contributed by atoms with Gasteiger partial charge in [-0.05, 0) is 24.1 Å². The number of fused-ring (bicyclic) bond motifs is 1. The highest BCUT2D eigenvalue weighted by molar-refractivity contribution is 7.99. The maximum Gasteiger partial charge on any atom is 0.243 e. The lowest BCUT2D eigenvalue weighted by Crippen LogP contribution is -2.36. The number of aryl methyl sites for hydroxylation is 1. The van der Waals surface area contributed by atoms with Crippen molar-refractivity contribution in [3.8, 4) is 0 Å². The summed E-state index contributed by atoms with van der Waals surface area (Å²) in [5, 5.41) is 12.2. The predicted molar refractivity (Wildman–Crippen MR) is 116 cm³/mol. The maximum atomic E-state index is 12.4. The van der Waals surface area contributed by atoms with Crippen LogP contribution in [0.5, 0.6) is 0 Å². The number of anilines is 1. The number of halogens is 2. The fraction of sp³-hybridized carbons (Fsp3) is 0.263. The number of likely N-dealkylation sites (N-methyl/N-ethyl adjacent to an activating group) is 1. The van der Waals surface area contributed by atoms with Crippen molar-refractivity contribution in [1.29, 1.82) is 0 Å². The van der Waals surface area contributed by atoms with Crippen LogP contribution in [0.25, 0.3) is 5.65 Å². The third-order valence-electron chi connectivity index (χ3n) is 4.20. The number of carbonyl (C=O) groups is 2. The number of pyridine rings is 1. The van der Waals surface area contributed by atoms with Gasteiger partial charge in [0.1, 0.15) is 0 Å². The third kappa shape index (κ3) is 5.20. The van der Waals surface area contributed by atoms with Crippen molar-refractivity contribution in [3.63, 3.8) is 0 Å². The summed E-state index contributed by atoms with van der Waals surface area (Å²) >= 11 is 13.3. The smallest absolute Gasteiger partial charge is 0.243 e. The van der Waals surface area contributed by atoms with Gasteiger partial charge in [0.2, 0.25) is 11.8 Å². The molecule has 0 atom stereocenters. The molecule has 0 saturated heterocycles. The Morgan fingerprint density at radius 2 is 2.00 bits per heavy atom. The highest BCUT2D eigenvalue weighted by Gasteiger charge is 2.17. The molecule has 0 spiro atoms. The summed E-state index contributed by atoms with van der Waals surface area (Å²) in [4.78, 5) is 26.1. The van der Waals surface area contributed by atoms with Gasteiger partial charge in [-0.25, -0.2) is 0 Å². The number of benzene rings is 1. The highest BCUT2D eigenvalue weighted by atomic mass is 35.5. The lowest BCUT2D eigenvalue weighted by molar-refractivity contribution is -0.131. The SMILES string of the molecule is CCc1ccccc1NC(=O)CN(C)C(=O)CSc1nnc2c(Cl)cc(Cl)cn12. The molecule has 1 aromatic carbocycles. The van der Waals surface area contributed by atoms with E-state index in [0.29, 0.717) is 20.8 Å².